The number of benzene rings is 2. The fourth-order valence-corrected chi connectivity index (χ4v) is 4.33. The number of likely N-dealkylation sites (N-methyl/N-ethyl adjacent to an activating group) is 1. The van der Waals surface area contributed by atoms with Gasteiger partial charge in [0.15, 0.2) is 0 Å². The molecule has 172 valence electrons. The van der Waals surface area contributed by atoms with Crippen LogP contribution < -0.4 is 11.1 Å². The van der Waals surface area contributed by atoms with Crippen molar-refractivity contribution in [2.45, 2.75) is 32.4 Å². The summed E-state index contributed by atoms with van der Waals surface area (Å²) >= 11 is 0. The molecule has 0 bridgehead atoms. The zero-order valence-electron chi connectivity index (χ0n) is 19.5. The number of nitrogens with two attached hydrogens (primary N) is 1. The lowest BCUT2D eigenvalue weighted by Gasteiger charge is -2.34. The zero-order chi connectivity index (χ0) is 23.4. The Morgan fingerprint density at radius 2 is 1.88 bits per heavy atom. The van der Waals surface area contributed by atoms with Gasteiger partial charge in [-0.25, -0.2) is 0 Å². The third-order valence-corrected chi connectivity index (χ3v) is 6.40. The minimum atomic E-state index is 0.240. The van der Waals surface area contributed by atoms with Gasteiger partial charge in [0.05, 0.1) is 11.7 Å². The summed E-state index contributed by atoms with van der Waals surface area (Å²) in [5, 5.41) is 13.9. The zero-order valence-corrected chi connectivity index (χ0v) is 19.5. The number of amidine groups is 1. The molecule has 1 saturated heterocycles. The van der Waals surface area contributed by atoms with E-state index in [0.29, 0.717) is 0 Å². The van der Waals surface area contributed by atoms with Gasteiger partial charge in [0.25, 0.3) is 0 Å². The SMILES string of the molecule is C=C/C(C)=C1/NC(c2ccccc2O)=CC(=NC2CCN(Cc3ccccc3N)CC2)N1C. The third kappa shape index (κ3) is 5.12. The van der Waals surface area contributed by atoms with Gasteiger partial charge < -0.3 is 21.1 Å². The summed E-state index contributed by atoms with van der Waals surface area (Å²) in [7, 11) is 2.01. The number of likely N-dealkylation sites (tertiary alicyclic amines) is 1. The van der Waals surface area contributed by atoms with Crippen molar-refractivity contribution < 1.29 is 5.11 Å². The molecule has 2 aliphatic heterocycles. The molecule has 2 aromatic rings. The Hall–Kier alpha value is -3.51. The molecule has 6 nitrogen and oxygen atoms in total. The molecule has 4 rings (SSSR count). The highest BCUT2D eigenvalue weighted by molar-refractivity contribution is 6.02. The van der Waals surface area contributed by atoms with E-state index in [1.165, 1.54) is 5.56 Å². The topological polar surface area (TPSA) is 77.1 Å². The smallest absolute Gasteiger partial charge is 0.131 e. The first kappa shape index (κ1) is 22.7. The van der Waals surface area contributed by atoms with Gasteiger partial charge in [-0.05, 0) is 49.1 Å². The minimum absolute atomic E-state index is 0.240. The Labute approximate surface area is 196 Å². The van der Waals surface area contributed by atoms with Crippen molar-refractivity contribution in [3.63, 3.8) is 0 Å². The highest BCUT2D eigenvalue weighted by atomic mass is 16.3. The number of anilines is 1. The van der Waals surface area contributed by atoms with Crippen LogP contribution in [0.2, 0.25) is 0 Å². The van der Waals surface area contributed by atoms with E-state index in [-0.39, 0.29) is 11.8 Å². The number of allylic oxidation sites excluding steroid dienone is 2. The van der Waals surface area contributed by atoms with E-state index in [1.807, 2.05) is 62.5 Å². The van der Waals surface area contributed by atoms with Crippen LogP contribution in [0.25, 0.3) is 5.70 Å². The predicted octanol–water partition coefficient (Wildman–Crippen LogP) is 4.33. The maximum absolute atomic E-state index is 10.4. The molecule has 0 atom stereocenters. The van der Waals surface area contributed by atoms with Crippen LogP contribution in [-0.4, -0.2) is 46.9 Å². The highest BCUT2D eigenvalue weighted by Crippen LogP contribution is 2.29. The van der Waals surface area contributed by atoms with Crippen molar-refractivity contribution in [3.8, 4) is 5.75 Å². The monoisotopic (exact) mass is 443 g/mol. The molecule has 2 aromatic carbocycles. The second kappa shape index (κ2) is 9.96. The molecule has 4 N–H and O–H groups in total. The molecule has 0 amide bonds. The van der Waals surface area contributed by atoms with Crippen LogP contribution in [0, 0.1) is 0 Å². The summed E-state index contributed by atoms with van der Waals surface area (Å²) in [6.45, 7) is 8.80. The molecule has 1 fully saturated rings. The number of phenolic OH excluding ortho intramolecular Hbond substituents is 1. The number of piperidine rings is 1. The van der Waals surface area contributed by atoms with E-state index in [4.69, 9.17) is 10.7 Å². The van der Waals surface area contributed by atoms with Gasteiger partial charge in [0.1, 0.15) is 17.4 Å². The van der Waals surface area contributed by atoms with E-state index in [2.05, 4.69) is 27.8 Å². The summed E-state index contributed by atoms with van der Waals surface area (Å²) in [6.07, 6.45) is 5.84. The van der Waals surface area contributed by atoms with Gasteiger partial charge in [-0.1, -0.05) is 43.0 Å². The molecular weight excluding hydrogens is 410 g/mol. The first-order valence-corrected chi connectivity index (χ1v) is 11.4. The maximum atomic E-state index is 10.4. The van der Waals surface area contributed by atoms with E-state index in [0.717, 1.165) is 66.7 Å². The van der Waals surface area contributed by atoms with E-state index in [1.54, 1.807) is 6.07 Å². The van der Waals surface area contributed by atoms with Gasteiger partial charge in [-0.15, -0.1) is 0 Å². The van der Waals surface area contributed by atoms with Crippen molar-refractivity contribution in [3.05, 3.63) is 89.8 Å². The number of aromatic hydroxyl groups is 1. The molecule has 0 radical (unpaired) electrons. The van der Waals surface area contributed by atoms with Crippen LogP contribution in [-0.2, 0) is 6.54 Å². The number of hydrogen-bond acceptors (Lipinski definition) is 5. The number of nitrogens with zero attached hydrogens (tertiary/aromatic N) is 3. The van der Waals surface area contributed by atoms with Crippen molar-refractivity contribution in [1.29, 1.82) is 0 Å². The Bertz CT molecular complexity index is 1110. The first-order valence-electron chi connectivity index (χ1n) is 11.4. The van der Waals surface area contributed by atoms with Gasteiger partial charge in [0, 0.05) is 44.0 Å². The summed E-state index contributed by atoms with van der Waals surface area (Å²) in [5.41, 5.74) is 10.8. The predicted molar refractivity (Wildman–Crippen MR) is 136 cm³/mol. The fourth-order valence-electron chi connectivity index (χ4n) is 4.33. The van der Waals surface area contributed by atoms with Gasteiger partial charge in [-0.3, -0.25) is 9.89 Å². The summed E-state index contributed by atoms with van der Waals surface area (Å²) in [6, 6.07) is 15.7. The van der Waals surface area contributed by atoms with Crippen LogP contribution in [0.3, 0.4) is 0 Å². The highest BCUT2D eigenvalue weighted by Gasteiger charge is 2.25. The van der Waals surface area contributed by atoms with Gasteiger partial charge >= 0.3 is 0 Å². The van der Waals surface area contributed by atoms with Crippen LogP contribution in [0.4, 0.5) is 5.69 Å². The minimum Gasteiger partial charge on any atom is -0.507 e. The van der Waals surface area contributed by atoms with Gasteiger partial charge in [-0.2, -0.15) is 0 Å². The molecule has 6 heteroatoms. The molecular formula is C27H33N5O. The molecule has 33 heavy (non-hydrogen) atoms. The summed E-state index contributed by atoms with van der Waals surface area (Å²) in [4.78, 5) is 9.65. The lowest BCUT2D eigenvalue weighted by molar-refractivity contribution is 0.206. The van der Waals surface area contributed by atoms with Crippen LogP contribution in [0.15, 0.2) is 83.6 Å². The number of rotatable bonds is 5. The molecule has 2 heterocycles. The number of nitrogen functional groups attached to an aromatic ring is 1. The van der Waals surface area contributed by atoms with E-state index < -0.39 is 0 Å². The molecule has 0 spiro atoms. The number of aliphatic imine (C=N–C) groups is 1. The summed E-state index contributed by atoms with van der Waals surface area (Å²) < 4.78 is 0. The number of phenols is 1. The molecule has 0 aromatic heterocycles. The fraction of sp³-hybridized carbons (Fsp3) is 0.296. The quantitative estimate of drug-likeness (QED) is 0.600. The average molecular weight is 444 g/mol. The van der Waals surface area contributed by atoms with Gasteiger partial charge in [0.2, 0.25) is 0 Å². The average Bonchev–Trinajstić information content (AvgIpc) is 2.83. The summed E-state index contributed by atoms with van der Waals surface area (Å²) in [5.74, 6) is 2.04. The molecule has 0 aliphatic carbocycles. The van der Waals surface area contributed by atoms with Crippen molar-refractivity contribution in [2.24, 2.45) is 4.99 Å². The molecule has 0 saturated carbocycles. The molecule has 2 aliphatic rings. The van der Waals surface area contributed by atoms with E-state index >= 15 is 0 Å². The standard InChI is InChI=1S/C27H33N5O/c1-4-19(2)27-30-24(22-10-6-8-12-25(22)33)17-26(31(27)3)29-21-13-15-32(16-14-21)18-20-9-5-7-11-23(20)28/h4-12,17,21,30,33H,1,13-16,18,28H2,2-3H3/b27-19-,29-26?. The maximum Gasteiger partial charge on any atom is 0.131 e. The Morgan fingerprint density at radius 3 is 2.58 bits per heavy atom. The van der Waals surface area contributed by atoms with Crippen LogP contribution >= 0.6 is 0 Å². The normalized spacial score (nSPS) is 20.4. The van der Waals surface area contributed by atoms with Crippen molar-refractivity contribution >= 4 is 17.2 Å². The third-order valence-electron chi connectivity index (χ3n) is 6.40. The van der Waals surface area contributed by atoms with E-state index in [9.17, 15) is 5.11 Å². The van der Waals surface area contributed by atoms with Crippen LogP contribution in [0.5, 0.6) is 5.75 Å². The Morgan fingerprint density at radius 1 is 1.18 bits per heavy atom. The first-order chi connectivity index (χ1) is 16.0. The Kier molecular flexibility index (Phi) is 6.84. The number of hydrogen-bond donors (Lipinski definition) is 3. The largest absolute Gasteiger partial charge is 0.507 e. The van der Waals surface area contributed by atoms with Crippen molar-refractivity contribution in [1.82, 2.24) is 15.1 Å². The van der Waals surface area contributed by atoms with Crippen molar-refractivity contribution in [2.75, 3.05) is 25.9 Å². The second-order valence-corrected chi connectivity index (χ2v) is 8.69. The Balaban J connectivity index is 1.54. The lowest BCUT2D eigenvalue weighted by Crippen LogP contribution is -2.40. The second-order valence-electron chi connectivity index (χ2n) is 8.69. The lowest BCUT2D eigenvalue weighted by atomic mass is 10.0. The number of para-hydroxylation sites is 2. The van der Waals surface area contributed by atoms with Crippen LogP contribution in [0.1, 0.15) is 30.9 Å². The molecule has 0 unspecified atom stereocenters. The number of nitrogens with one attached hydrogen (secondary N) is 1.